The largest absolute Gasteiger partial charge is 0.356 e. The van der Waals surface area contributed by atoms with Crippen LogP contribution in [0.4, 0.5) is 0 Å². The summed E-state index contributed by atoms with van der Waals surface area (Å²) in [6.07, 6.45) is 3.26. The van der Waals surface area contributed by atoms with E-state index in [0.717, 1.165) is 19.3 Å². The van der Waals surface area contributed by atoms with Crippen LogP contribution in [-0.4, -0.2) is 18.5 Å². The van der Waals surface area contributed by atoms with Gasteiger partial charge < -0.3 is 11.1 Å². The Morgan fingerprint density at radius 2 is 2.23 bits per heavy atom. The predicted molar refractivity (Wildman–Crippen MR) is 53.2 cm³/mol. The molecule has 0 saturated heterocycles. The van der Waals surface area contributed by atoms with Gasteiger partial charge in [0.25, 0.3) is 0 Å². The van der Waals surface area contributed by atoms with Crippen LogP contribution in [-0.2, 0) is 4.79 Å². The molecule has 1 amide bonds. The van der Waals surface area contributed by atoms with Crippen LogP contribution in [0, 0.1) is 11.8 Å². The summed E-state index contributed by atoms with van der Waals surface area (Å²) in [6, 6.07) is 0.0558. The van der Waals surface area contributed by atoms with E-state index in [2.05, 4.69) is 12.2 Å². The molecule has 13 heavy (non-hydrogen) atoms. The van der Waals surface area contributed by atoms with Gasteiger partial charge >= 0.3 is 0 Å². The molecule has 3 atom stereocenters. The first kappa shape index (κ1) is 10.5. The van der Waals surface area contributed by atoms with Gasteiger partial charge in [-0.2, -0.15) is 0 Å². The maximum absolute atomic E-state index is 11.6. The normalized spacial score (nSPS) is 34.2. The van der Waals surface area contributed by atoms with Crippen molar-refractivity contribution >= 4 is 5.91 Å². The zero-order valence-electron chi connectivity index (χ0n) is 8.55. The highest BCUT2D eigenvalue weighted by Crippen LogP contribution is 2.27. The minimum absolute atomic E-state index is 0.0451. The van der Waals surface area contributed by atoms with Crippen molar-refractivity contribution in [2.45, 2.75) is 39.2 Å². The molecule has 1 aliphatic carbocycles. The number of nitrogens with two attached hydrogens (primary N) is 1. The van der Waals surface area contributed by atoms with Gasteiger partial charge in [-0.25, -0.2) is 0 Å². The van der Waals surface area contributed by atoms with Crippen molar-refractivity contribution in [3.05, 3.63) is 0 Å². The van der Waals surface area contributed by atoms with Crippen molar-refractivity contribution in [3.8, 4) is 0 Å². The second-order valence-electron chi connectivity index (χ2n) is 3.99. The standard InChI is InChI=1S/C10H20N2O/c1-3-12-10(13)8-6-4-5-7(2)9(8)11/h7-9H,3-6,11H2,1-2H3,(H,12,13). The fourth-order valence-electron chi connectivity index (χ4n) is 2.05. The lowest BCUT2D eigenvalue weighted by Gasteiger charge is -2.32. The molecular weight excluding hydrogens is 164 g/mol. The lowest BCUT2D eigenvalue weighted by Crippen LogP contribution is -2.47. The Kier molecular flexibility index (Phi) is 3.72. The Morgan fingerprint density at radius 3 is 2.85 bits per heavy atom. The summed E-state index contributed by atoms with van der Waals surface area (Å²) in [5.41, 5.74) is 5.99. The highest BCUT2D eigenvalue weighted by Gasteiger charge is 2.32. The summed E-state index contributed by atoms with van der Waals surface area (Å²) in [6.45, 7) is 4.78. The van der Waals surface area contributed by atoms with E-state index in [1.54, 1.807) is 0 Å². The molecule has 0 aromatic rings. The number of amides is 1. The number of hydrogen-bond donors (Lipinski definition) is 2. The number of carbonyl (C=O) groups excluding carboxylic acids is 1. The van der Waals surface area contributed by atoms with Gasteiger partial charge in [-0.15, -0.1) is 0 Å². The molecule has 0 heterocycles. The lowest BCUT2D eigenvalue weighted by atomic mass is 9.78. The summed E-state index contributed by atoms with van der Waals surface area (Å²) in [5, 5.41) is 2.85. The van der Waals surface area contributed by atoms with E-state index in [-0.39, 0.29) is 17.9 Å². The van der Waals surface area contributed by atoms with Crippen LogP contribution in [0.15, 0.2) is 0 Å². The number of rotatable bonds is 2. The van der Waals surface area contributed by atoms with Gasteiger partial charge in [0, 0.05) is 12.6 Å². The number of carbonyl (C=O) groups is 1. The fraction of sp³-hybridized carbons (Fsp3) is 0.900. The third-order valence-electron chi connectivity index (χ3n) is 2.98. The van der Waals surface area contributed by atoms with Crippen molar-refractivity contribution in [1.82, 2.24) is 5.32 Å². The minimum Gasteiger partial charge on any atom is -0.356 e. The van der Waals surface area contributed by atoms with E-state index in [1.165, 1.54) is 0 Å². The highest BCUT2D eigenvalue weighted by molar-refractivity contribution is 5.79. The SMILES string of the molecule is CCNC(=O)C1CCCC(C)C1N. The second-order valence-corrected chi connectivity index (χ2v) is 3.99. The van der Waals surface area contributed by atoms with E-state index in [1.807, 2.05) is 6.92 Å². The first-order chi connectivity index (χ1) is 6.16. The van der Waals surface area contributed by atoms with E-state index in [0.29, 0.717) is 12.5 Å². The Bertz CT molecular complexity index is 182. The minimum atomic E-state index is 0.0451. The van der Waals surface area contributed by atoms with Crippen molar-refractivity contribution in [3.63, 3.8) is 0 Å². The fourth-order valence-corrected chi connectivity index (χ4v) is 2.05. The Labute approximate surface area is 80.1 Å². The van der Waals surface area contributed by atoms with Gasteiger partial charge in [-0.3, -0.25) is 4.79 Å². The summed E-state index contributed by atoms with van der Waals surface area (Å²) in [4.78, 5) is 11.6. The smallest absolute Gasteiger partial charge is 0.224 e. The number of nitrogens with one attached hydrogen (secondary N) is 1. The van der Waals surface area contributed by atoms with Gasteiger partial charge in [0.15, 0.2) is 0 Å². The summed E-state index contributed by atoms with van der Waals surface area (Å²) in [5.74, 6) is 0.673. The average Bonchev–Trinajstić information content (AvgIpc) is 2.10. The molecule has 1 aliphatic rings. The van der Waals surface area contributed by atoms with Crippen LogP contribution in [0.5, 0.6) is 0 Å². The van der Waals surface area contributed by atoms with Gasteiger partial charge in [0.05, 0.1) is 5.92 Å². The molecule has 0 aromatic carbocycles. The molecule has 1 fully saturated rings. The van der Waals surface area contributed by atoms with Gasteiger partial charge in [-0.05, 0) is 25.7 Å². The van der Waals surface area contributed by atoms with E-state index in [4.69, 9.17) is 5.73 Å². The summed E-state index contributed by atoms with van der Waals surface area (Å²) in [7, 11) is 0. The monoisotopic (exact) mass is 184 g/mol. The maximum atomic E-state index is 11.6. The molecule has 3 unspecified atom stereocenters. The van der Waals surface area contributed by atoms with E-state index >= 15 is 0 Å². The topological polar surface area (TPSA) is 55.1 Å². The van der Waals surface area contributed by atoms with Gasteiger partial charge in [-0.1, -0.05) is 13.3 Å². The predicted octanol–water partition coefficient (Wildman–Crippen LogP) is 0.886. The molecule has 0 bridgehead atoms. The Hall–Kier alpha value is -0.570. The van der Waals surface area contributed by atoms with E-state index in [9.17, 15) is 4.79 Å². The van der Waals surface area contributed by atoms with Crippen LogP contribution in [0.3, 0.4) is 0 Å². The molecular formula is C10H20N2O. The van der Waals surface area contributed by atoms with Crippen LogP contribution < -0.4 is 11.1 Å². The maximum Gasteiger partial charge on any atom is 0.224 e. The molecule has 0 spiro atoms. The zero-order chi connectivity index (χ0) is 9.84. The zero-order valence-corrected chi connectivity index (χ0v) is 8.55. The molecule has 1 saturated carbocycles. The summed E-state index contributed by atoms with van der Waals surface area (Å²) >= 11 is 0. The molecule has 0 aliphatic heterocycles. The Balaban J connectivity index is 2.52. The highest BCUT2D eigenvalue weighted by atomic mass is 16.1. The molecule has 3 nitrogen and oxygen atoms in total. The third-order valence-corrected chi connectivity index (χ3v) is 2.98. The first-order valence-corrected chi connectivity index (χ1v) is 5.20. The van der Waals surface area contributed by atoms with Crippen molar-refractivity contribution in [2.24, 2.45) is 17.6 Å². The molecule has 0 aromatic heterocycles. The quantitative estimate of drug-likeness (QED) is 0.669. The van der Waals surface area contributed by atoms with Crippen LogP contribution in [0.25, 0.3) is 0 Å². The van der Waals surface area contributed by atoms with Crippen LogP contribution in [0.2, 0.25) is 0 Å². The molecule has 3 heteroatoms. The number of hydrogen-bond acceptors (Lipinski definition) is 2. The lowest BCUT2D eigenvalue weighted by molar-refractivity contribution is -0.126. The molecule has 76 valence electrons. The van der Waals surface area contributed by atoms with Crippen LogP contribution >= 0.6 is 0 Å². The van der Waals surface area contributed by atoms with Crippen molar-refractivity contribution < 1.29 is 4.79 Å². The van der Waals surface area contributed by atoms with Crippen molar-refractivity contribution in [1.29, 1.82) is 0 Å². The molecule has 3 N–H and O–H groups in total. The second kappa shape index (κ2) is 4.61. The van der Waals surface area contributed by atoms with Crippen molar-refractivity contribution in [2.75, 3.05) is 6.54 Å². The molecule has 0 radical (unpaired) electrons. The third kappa shape index (κ3) is 2.44. The average molecular weight is 184 g/mol. The van der Waals surface area contributed by atoms with Gasteiger partial charge in [0.2, 0.25) is 5.91 Å². The summed E-state index contributed by atoms with van der Waals surface area (Å²) < 4.78 is 0. The Morgan fingerprint density at radius 1 is 1.54 bits per heavy atom. The molecule has 1 rings (SSSR count). The first-order valence-electron chi connectivity index (χ1n) is 5.20. The van der Waals surface area contributed by atoms with E-state index < -0.39 is 0 Å². The van der Waals surface area contributed by atoms with Gasteiger partial charge in [0.1, 0.15) is 0 Å². The van der Waals surface area contributed by atoms with Crippen LogP contribution in [0.1, 0.15) is 33.1 Å².